The molecule has 0 heterocycles. The van der Waals surface area contributed by atoms with Crippen LogP contribution in [-0.4, -0.2) is 5.78 Å². The van der Waals surface area contributed by atoms with Crippen molar-refractivity contribution in [3.05, 3.63) is 59.7 Å². The minimum atomic E-state index is 0.144. The lowest BCUT2D eigenvalue weighted by Crippen LogP contribution is -2.00. The molecule has 0 aromatic heterocycles. The van der Waals surface area contributed by atoms with Crippen LogP contribution in [0.1, 0.15) is 16.8 Å². The first-order valence-corrected chi connectivity index (χ1v) is 4.33. The van der Waals surface area contributed by atoms with Crippen LogP contribution in [0.4, 0.5) is 0 Å². The first-order valence-electron chi connectivity index (χ1n) is 4.33. The van der Waals surface area contributed by atoms with Gasteiger partial charge in [-0.15, -0.1) is 0 Å². The van der Waals surface area contributed by atoms with Gasteiger partial charge in [0.2, 0.25) is 0 Å². The summed E-state index contributed by atoms with van der Waals surface area (Å²) in [6.45, 7) is 0. The highest BCUT2D eigenvalue weighted by molar-refractivity contribution is 6.09. The van der Waals surface area contributed by atoms with Crippen molar-refractivity contribution < 1.29 is 4.79 Å². The summed E-state index contributed by atoms with van der Waals surface area (Å²) < 4.78 is 0. The number of hydrogen-bond donors (Lipinski definition) is 0. The van der Waals surface area contributed by atoms with E-state index < -0.39 is 0 Å². The Morgan fingerprint density at radius 2 is 1.92 bits per heavy atom. The first-order chi connectivity index (χ1) is 6.38. The molecule has 64 valence electrons. The zero-order valence-corrected chi connectivity index (χ0v) is 7.23. The second kappa shape index (κ2) is 3.40. The van der Waals surface area contributed by atoms with Gasteiger partial charge in [-0.25, -0.2) is 0 Å². The molecule has 0 spiro atoms. The van der Waals surface area contributed by atoms with Crippen molar-refractivity contribution in [2.45, 2.75) is 6.42 Å². The number of allylic oxidation sites excluding steroid dienone is 4. The molecule has 0 saturated heterocycles. The maximum atomic E-state index is 11.7. The lowest BCUT2D eigenvalue weighted by Gasteiger charge is -1.99. The highest BCUT2D eigenvalue weighted by atomic mass is 16.1. The average Bonchev–Trinajstić information content (AvgIpc) is 2.71. The van der Waals surface area contributed by atoms with Gasteiger partial charge in [-0.2, -0.15) is 0 Å². The fourth-order valence-corrected chi connectivity index (χ4v) is 1.39. The zero-order valence-electron chi connectivity index (χ0n) is 7.23. The van der Waals surface area contributed by atoms with E-state index in [2.05, 4.69) is 0 Å². The van der Waals surface area contributed by atoms with E-state index in [9.17, 15) is 4.79 Å². The Kier molecular flexibility index (Phi) is 2.09. The van der Waals surface area contributed by atoms with Gasteiger partial charge < -0.3 is 0 Å². The molecule has 1 heteroatoms. The molecule has 0 unspecified atom stereocenters. The molecule has 0 radical (unpaired) electrons. The number of carbonyl (C=O) groups excluding carboxylic acids is 1. The topological polar surface area (TPSA) is 17.1 Å². The molecular weight excluding hydrogens is 160 g/mol. The Morgan fingerprint density at radius 3 is 2.54 bits per heavy atom. The second-order valence-electron chi connectivity index (χ2n) is 3.02. The Hall–Kier alpha value is -1.63. The standard InChI is InChI=1S/C12H10O/c13-12(11-8-4-5-9-11)10-6-2-1-3-7-10/h1-8H,9H2. The second-order valence-corrected chi connectivity index (χ2v) is 3.02. The van der Waals surface area contributed by atoms with E-state index in [0.717, 1.165) is 17.6 Å². The lowest BCUT2D eigenvalue weighted by molar-refractivity contribution is 0.103. The quantitative estimate of drug-likeness (QED) is 0.624. The smallest absolute Gasteiger partial charge is 0.189 e. The molecule has 0 amide bonds. The Labute approximate surface area is 77.4 Å². The predicted molar refractivity (Wildman–Crippen MR) is 52.6 cm³/mol. The van der Waals surface area contributed by atoms with Gasteiger partial charge in [-0.3, -0.25) is 4.79 Å². The van der Waals surface area contributed by atoms with Crippen molar-refractivity contribution in [2.75, 3.05) is 0 Å². The lowest BCUT2D eigenvalue weighted by atomic mass is 10.0. The summed E-state index contributed by atoms with van der Waals surface area (Å²) in [7, 11) is 0. The first kappa shape index (κ1) is 7.99. The van der Waals surface area contributed by atoms with Crippen LogP contribution in [0.5, 0.6) is 0 Å². The summed E-state index contributed by atoms with van der Waals surface area (Å²) in [5.74, 6) is 0.144. The van der Waals surface area contributed by atoms with Crippen molar-refractivity contribution in [1.82, 2.24) is 0 Å². The van der Waals surface area contributed by atoms with E-state index in [1.54, 1.807) is 0 Å². The molecule has 0 N–H and O–H groups in total. The SMILES string of the molecule is O=C(C1=CC=CC1)c1ccccc1. The zero-order chi connectivity index (χ0) is 9.10. The van der Waals surface area contributed by atoms with E-state index in [1.165, 1.54) is 0 Å². The van der Waals surface area contributed by atoms with Gasteiger partial charge in [0.05, 0.1) is 0 Å². The van der Waals surface area contributed by atoms with Crippen LogP contribution >= 0.6 is 0 Å². The summed E-state index contributed by atoms with van der Waals surface area (Å²) in [6, 6.07) is 9.38. The fourth-order valence-electron chi connectivity index (χ4n) is 1.39. The van der Waals surface area contributed by atoms with Crippen LogP contribution in [0.15, 0.2) is 54.1 Å². The Balaban J connectivity index is 2.24. The summed E-state index contributed by atoms with van der Waals surface area (Å²) in [4.78, 5) is 11.7. The summed E-state index contributed by atoms with van der Waals surface area (Å²) >= 11 is 0. The van der Waals surface area contributed by atoms with Gasteiger partial charge >= 0.3 is 0 Å². The number of hydrogen-bond acceptors (Lipinski definition) is 1. The van der Waals surface area contributed by atoms with Crippen molar-refractivity contribution in [2.24, 2.45) is 0 Å². The summed E-state index contributed by atoms with van der Waals surface area (Å²) in [5.41, 5.74) is 1.66. The Bertz CT molecular complexity index is 371. The molecule has 13 heavy (non-hydrogen) atoms. The number of ketones is 1. The average molecular weight is 170 g/mol. The van der Waals surface area contributed by atoms with Gasteiger partial charge in [0.1, 0.15) is 0 Å². The van der Waals surface area contributed by atoms with Gasteiger partial charge in [-0.1, -0.05) is 48.6 Å². The van der Waals surface area contributed by atoms with Crippen molar-refractivity contribution >= 4 is 5.78 Å². The minimum absolute atomic E-state index is 0.144. The van der Waals surface area contributed by atoms with Gasteiger partial charge in [0.15, 0.2) is 5.78 Å². The molecular formula is C12H10O. The predicted octanol–water partition coefficient (Wildman–Crippen LogP) is 2.76. The minimum Gasteiger partial charge on any atom is -0.289 e. The summed E-state index contributed by atoms with van der Waals surface area (Å²) in [6.07, 6.45) is 6.58. The van der Waals surface area contributed by atoms with E-state index in [1.807, 2.05) is 48.6 Å². The van der Waals surface area contributed by atoms with Crippen LogP contribution in [0.3, 0.4) is 0 Å². The maximum Gasteiger partial charge on any atom is 0.189 e. The number of Topliss-reactive ketones (excluding diaryl/α,β-unsaturated/α-hetero) is 1. The van der Waals surface area contributed by atoms with E-state index in [-0.39, 0.29) is 5.78 Å². The molecule has 1 aliphatic carbocycles. The van der Waals surface area contributed by atoms with Crippen LogP contribution in [0.25, 0.3) is 0 Å². The number of rotatable bonds is 2. The molecule has 0 bridgehead atoms. The molecule has 1 nitrogen and oxygen atoms in total. The van der Waals surface area contributed by atoms with Crippen LogP contribution in [-0.2, 0) is 0 Å². The largest absolute Gasteiger partial charge is 0.289 e. The molecule has 0 atom stereocenters. The van der Waals surface area contributed by atoms with Crippen molar-refractivity contribution in [3.63, 3.8) is 0 Å². The number of benzene rings is 1. The van der Waals surface area contributed by atoms with Crippen LogP contribution < -0.4 is 0 Å². The molecule has 1 aromatic carbocycles. The highest BCUT2D eigenvalue weighted by Crippen LogP contribution is 2.16. The Morgan fingerprint density at radius 1 is 1.15 bits per heavy atom. The van der Waals surface area contributed by atoms with Gasteiger partial charge in [0, 0.05) is 11.1 Å². The number of carbonyl (C=O) groups is 1. The third-order valence-corrected chi connectivity index (χ3v) is 2.10. The molecule has 0 aliphatic heterocycles. The highest BCUT2D eigenvalue weighted by Gasteiger charge is 2.11. The molecule has 1 aromatic rings. The molecule has 1 aliphatic rings. The molecule has 0 saturated carbocycles. The van der Waals surface area contributed by atoms with Crippen LogP contribution in [0, 0.1) is 0 Å². The molecule has 0 fully saturated rings. The van der Waals surface area contributed by atoms with Gasteiger partial charge in [-0.05, 0) is 6.42 Å². The third-order valence-electron chi connectivity index (χ3n) is 2.10. The van der Waals surface area contributed by atoms with E-state index >= 15 is 0 Å². The fraction of sp³-hybridized carbons (Fsp3) is 0.0833. The monoisotopic (exact) mass is 170 g/mol. The normalized spacial score (nSPS) is 14.3. The molecule has 2 rings (SSSR count). The van der Waals surface area contributed by atoms with Crippen LogP contribution in [0.2, 0.25) is 0 Å². The summed E-state index contributed by atoms with van der Waals surface area (Å²) in [5, 5.41) is 0. The van der Waals surface area contributed by atoms with Gasteiger partial charge in [0.25, 0.3) is 0 Å². The van der Waals surface area contributed by atoms with Crippen molar-refractivity contribution in [3.8, 4) is 0 Å². The maximum absolute atomic E-state index is 11.7. The third kappa shape index (κ3) is 1.59. The van der Waals surface area contributed by atoms with Crippen molar-refractivity contribution in [1.29, 1.82) is 0 Å². The van der Waals surface area contributed by atoms with E-state index in [4.69, 9.17) is 0 Å². The van der Waals surface area contributed by atoms with E-state index in [0.29, 0.717) is 0 Å².